The Bertz CT molecular complexity index is 532. The number of sulfone groups is 1. The molecule has 1 aromatic carbocycles. The smallest absolute Gasteiger partial charge is 0.150 e. The molecule has 17 heavy (non-hydrogen) atoms. The molecule has 1 heterocycles. The third kappa shape index (κ3) is 3.02. The molecule has 94 valence electrons. The normalized spacial score (nSPS) is 24.8. The van der Waals surface area contributed by atoms with E-state index in [-0.39, 0.29) is 23.5 Å². The van der Waals surface area contributed by atoms with Gasteiger partial charge in [-0.25, -0.2) is 8.42 Å². The lowest BCUT2D eigenvalue weighted by molar-refractivity contribution is 0.480. The van der Waals surface area contributed by atoms with Gasteiger partial charge in [0.1, 0.15) is 0 Å². The SMILES string of the molecule is NC(c1ccc(Br)c(Cl)c1)C1CCS(=O)(=O)C1. The second-order valence-electron chi connectivity index (χ2n) is 4.36. The van der Waals surface area contributed by atoms with Gasteiger partial charge in [0.05, 0.1) is 16.5 Å². The largest absolute Gasteiger partial charge is 0.324 e. The monoisotopic (exact) mass is 337 g/mol. The first-order valence-corrected chi connectivity index (χ1v) is 8.29. The molecule has 0 spiro atoms. The molecule has 1 fully saturated rings. The van der Waals surface area contributed by atoms with Crippen LogP contribution in [0.1, 0.15) is 18.0 Å². The van der Waals surface area contributed by atoms with E-state index >= 15 is 0 Å². The Morgan fingerprint density at radius 3 is 2.71 bits per heavy atom. The van der Waals surface area contributed by atoms with Crippen LogP contribution in [-0.2, 0) is 9.84 Å². The van der Waals surface area contributed by atoms with Crippen molar-refractivity contribution in [1.29, 1.82) is 0 Å². The van der Waals surface area contributed by atoms with Gasteiger partial charge in [-0.15, -0.1) is 0 Å². The molecule has 2 atom stereocenters. The van der Waals surface area contributed by atoms with Crippen LogP contribution in [0, 0.1) is 5.92 Å². The Hall–Kier alpha value is -0.100. The van der Waals surface area contributed by atoms with E-state index in [0.717, 1.165) is 10.0 Å². The minimum Gasteiger partial charge on any atom is -0.324 e. The highest BCUT2D eigenvalue weighted by Crippen LogP contribution is 2.32. The molecule has 2 rings (SSSR count). The van der Waals surface area contributed by atoms with Crippen LogP contribution < -0.4 is 5.73 Å². The van der Waals surface area contributed by atoms with E-state index in [9.17, 15) is 8.42 Å². The van der Waals surface area contributed by atoms with Crippen LogP contribution in [-0.4, -0.2) is 19.9 Å². The Labute approximate surface area is 114 Å². The zero-order valence-corrected chi connectivity index (χ0v) is 12.2. The zero-order valence-electron chi connectivity index (χ0n) is 9.07. The van der Waals surface area contributed by atoms with Crippen molar-refractivity contribution in [3.05, 3.63) is 33.3 Å². The van der Waals surface area contributed by atoms with Gasteiger partial charge in [-0.2, -0.15) is 0 Å². The summed E-state index contributed by atoms with van der Waals surface area (Å²) in [5, 5.41) is 0.596. The molecular formula is C11H13BrClNO2S. The van der Waals surface area contributed by atoms with Gasteiger partial charge in [-0.3, -0.25) is 0 Å². The molecule has 3 nitrogen and oxygen atoms in total. The fourth-order valence-electron chi connectivity index (χ4n) is 2.10. The predicted octanol–water partition coefficient (Wildman–Crippen LogP) is 2.54. The highest BCUT2D eigenvalue weighted by Gasteiger charge is 2.32. The fraction of sp³-hybridized carbons (Fsp3) is 0.455. The Kier molecular flexibility index (Phi) is 3.83. The summed E-state index contributed by atoms with van der Waals surface area (Å²) in [5.41, 5.74) is 6.99. The lowest BCUT2D eigenvalue weighted by atomic mass is 9.93. The van der Waals surface area contributed by atoms with E-state index in [1.807, 2.05) is 12.1 Å². The van der Waals surface area contributed by atoms with Crippen LogP contribution in [0.5, 0.6) is 0 Å². The minimum absolute atomic E-state index is 0.00255. The lowest BCUT2D eigenvalue weighted by Crippen LogP contribution is -2.22. The summed E-state index contributed by atoms with van der Waals surface area (Å²) in [5.74, 6) is 0.425. The quantitative estimate of drug-likeness (QED) is 0.901. The second-order valence-corrected chi connectivity index (χ2v) is 7.85. The summed E-state index contributed by atoms with van der Waals surface area (Å²) in [6.07, 6.45) is 0.636. The van der Waals surface area contributed by atoms with Crippen LogP contribution in [0.2, 0.25) is 5.02 Å². The number of hydrogen-bond acceptors (Lipinski definition) is 3. The van der Waals surface area contributed by atoms with Crippen molar-refractivity contribution < 1.29 is 8.42 Å². The molecule has 1 aliphatic rings. The molecule has 1 aliphatic heterocycles. The van der Waals surface area contributed by atoms with Crippen LogP contribution in [0.3, 0.4) is 0 Å². The fourth-order valence-corrected chi connectivity index (χ4v) is 4.39. The maximum Gasteiger partial charge on any atom is 0.150 e. The number of rotatable bonds is 2. The standard InChI is InChI=1S/C11H13BrClNO2S/c12-9-2-1-7(5-10(9)13)11(14)8-3-4-17(15,16)6-8/h1-2,5,8,11H,3-4,6,14H2. The van der Waals surface area contributed by atoms with Gasteiger partial charge in [-0.1, -0.05) is 17.7 Å². The number of halogens is 2. The van der Waals surface area contributed by atoms with Gasteiger partial charge < -0.3 is 5.73 Å². The van der Waals surface area contributed by atoms with Crippen molar-refractivity contribution in [2.75, 3.05) is 11.5 Å². The van der Waals surface area contributed by atoms with Crippen molar-refractivity contribution >= 4 is 37.4 Å². The van der Waals surface area contributed by atoms with Crippen molar-refractivity contribution in [2.24, 2.45) is 11.7 Å². The molecule has 0 amide bonds. The summed E-state index contributed by atoms with van der Waals surface area (Å²) in [7, 11) is -2.89. The van der Waals surface area contributed by atoms with Crippen LogP contribution in [0.4, 0.5) is 0 Å². The summed E-state index contributed by atoms with van der Waals surface area (Å²) in [6.45, 7) is 0. The number of nitrogens with two attached hydrogens (primary N) is 1. The molecule has 1 aromatic rings. The van der Waals surface area contributed by atoms with Crippen molar-refractivity contribution in [1.82, 2.24) is 0 Å². The average molecular weight is 339 g/mol. The highest BCUT2D eigenvalue weighted by atomic mass is 79.9. The first-order valence-electron chi connectivity index (χ1n) is 5.30. The van der Waals surface area contributed by atoms with Gasteiger partial charge in [0.2, 0.25) is 0 Å². The summed E-state index contributed by atoms with van der Waals surface area (Å²) >= 11 is 9.31. The maximum absolute atomic E-state index is 11.4. The van der Waals surface area contributed by atoms with E-state index in [1.54, 1.807) is 6.07 Å². The summed E-state index contributed by atoms with van der Waals surface area (Å²) in [4.78, 5) is 0. The van der Waals surface area contributed by atoms with Gasteiger partial charge in [0.25, 0.3) is 0 Å². The van der Waals surface area contributed by atoms with Gasteiger partial charge >= 0.3 is 0 Å². The molecule has 0 bridgehead atoms. The van der Waals surface area contributed by atoms with E-state index < -0.39 is 9.84 Å². The van der Waals surface area contributed by atoms with Crippen LogP contribution >= 0.6 is 27.5 Å². The van der Waals surface area contributed by atoms with Gasteiger partial charge in [-0.05, 0) is 46.0 Å². The molecular weight excluding hydrogens is 326 g/mol. The van der Waals surface area contributed by atoms with Crippen LogP contribution in [0.15, 0.2) is 22.7 Å². The van der Waals surface area contributed by atoms with Crippen molar-refractivity contribution in [2.45, 2.75) is 12.5 Å². The Balaban J connectivity index is 2.20. The Morgan fingerprint density at radius 2 is 2.18 bits per heavy atom. The predicted molar refractivity (Wildman–Crippen MR) is 72.8 cm³/mol. The first kappa shape index (κ1) is 13.3. The Morgan fingerprint density at radius 1 is 1.47 bits per heavy atom. The molecule has 0 radical (unpaired) electrons. The molecule has 0 aromatic heterocycles. The van der Waals surface area contributed by atoms with Gasteiger partial charge in [0, 0.05) is 10.5 Å². The molecule has 2 unspecified atom stereocenters. The molecule has 1 saturated heterocycles. The first-order chi connectivity index (χ1) is 7.89. The van der Waals surface area contributed by atoms with E-state index in [1.165, 1.54) is 0 Å². The van der Waals surface area contributed by atoms with E-state index in [4.69, 9.17) is 17.3 Å². The second kappa shape index (κ2) is 4.88. The van der Waals surface area contributed by atoms with E-state index in [0.29, 0.717) is 11.4 Å². The molecule has 0 aliphatic carbocycles. The highest BCUT2D eigenvalue weighted by molar-refractivity contribution is 9.10. The third-order valence-corrected chi connectivity index (χ3v) is 6.13. The van der Waals surface area contributed by atoms with Crippen LogP contribution in [0.25, 0.3) is 0 Å². The van der Waals surface area contributed by atoms with E-state index in [2.05, 4.69) is 15.9 Å². The summed E-state index contributed by atoms with van der Waals surface area (Å²) < 4.78 is 23.6. The number of hydrogen-bond donors (Lipinski definition) is 1. The third-order valence-electron chi connectivity index (χ3n) is 3.10. The topological polar surface area (TPSA) is 60.2 Å². The minimum atomic E-state index is -2.89. The zero-order chi connectivity index (χ0) is 12.6. The van der Waals surface area contributed by atoms with Gasteiger partial charge in [0.15, 0.2) is 9.84 Å². The summed E-state index contributed by atoms with van der Waals surface area (Å²) in [6, 6.07) is 5.24. The molecule has 0 saturated carbocycles. The molecule has 2 N–H and O–H groups in total. The lowest BCUT2D eigenvalue weighted by Gasteiger charge is -2.18. The van der Waals surface area contributed by atoms with Crippen molar-refractivity contribution in [3.8, 4) is 0 Å². The number of benzene rings is 1. The average Bonchev–Trinajstić information content (AvgIpc) is 2.62. The molecule has 6 heteroatoms. The van der Waals surface area contributed by atoms with Crippen molar-refractivity contribution in [3.63, 3.8) is 0 Å². The maximum atomic E-state index is 11.4.